The van der Waals surface area contributed by atoms with Crippen LogP contribution < -0.4 is 4.74 Å². The molecule has 5 nitrogen and oxygen atoms in total. The van der Waals surface area contributed by atoms with E-state index in [0.29, 0.717) is 13.2 Å². The van der Waals surface area contributed by atoms with E-state index in [9.17, 15) is 8.42 Å². The van der Waals surface area contributed by atoms with Gasteiger partial charge < -0.3 is 4.74 Å². The van der Waals surface area contributed by atoms with E-state index in [4.69, 9.17) is 4.74 Å². The monoisotopic (exact) mass is 318 g/mol. The number of benzene rings is 1. The van der Waals surface area contributed by atoms with Crippen LogP contribution in [0, 0.1) is 0 Å². The van der Waals surface area contributed by atoms with E-state index in [0.717, 1.165) is 18.6 Å². The maximum absolute atomic E-state index is 12.7. The second-order valence-electron chi connectivity index (χ2n) is 5.22. The minimum absolute atomic E-state index is 0.134. The van der Waals surface area contributed by atoms with Gasteiger partial charge in [-0.3, -0.25) is 4.98 Å². The van der Waals surface area contributed by atoms with Crippen LogP contribution >= 0.6 is 0 Å². The summed E-state index contributed by atoms with van der Waals surface area (Å²) in [5, 5.41) is 0. The van der Waals surface area contributed by atoms with E-state index in [2.05, 4.69) is 4.98 Å². The molecule has 3 rings (SSSR count). The first-order valence-corrected chi connectivity index (χ1v) is 8.71. The number of para-hydroxylation sites is 1. The fourth-order valence-electron chi connectivity index (χ4n) is 2.64. The van der Waals surface area contributed by atoms with Gasteiger partial charge in [0, 0.05) is 18.9 Å². The summed E-state index contributed by atoms with van der Waals surface area (Å²) in [4.78, 5) is 4.14. The van der Waals surface area contributed by atoms with Crippen LogP contribution in [0.4, 0.5) is 0 Å². The fraction of sp³-hybridized carbons (Fsp3) is 0.312. The van der Waals surface area contributed by atoms with Crippen molar-refractivity contribution in [1.29, 1.82) is 0 Å². The van der Waals surface area contributed by atoms with Gasteiger partial charge in [-0.2, -0.15) is 4.31 Å². The molecule has 1 aliphatic rings. The van der Waals surface area contributed by atoms with Gasteiger partial charge in [0.1, 0.15) is 17.3 Å². The minimum Gasteiger partial charge on any atom is -0.492 e. The highest BCUT2D eigenvalue weighted by molar-refractivity contribution is 7.89. The number of aromatic nitrogens is 1. The van der Waals surface area contributed by atoms with Gasteiger partial charge in [-0.15, -0.1) is 0 Å². The maximum atomic E-state index is 12.7. The summed E-state index contributed by atoms with van der Waals surface area (Å²) < 4.78 is 32.6. The van der Waals surface area contributed by atoms with Gasteiger partial charge in [-0.25, -0.2) is 8.42 Å². The molecule has 1 aromatic heterocycles. The summed E-state index contributed by atoms with van der Waals surface area (Å²) in [6.07, 6.45) is 4.62. The molecule has 0 N–H and O–H groups in total. The summed E-state index contributed by atoms with van der Waals surface area (Å²) in [7, 11) is -3.50. The topological polar surface area (TPSA) is 59.5 Å². The molecular weight excluding hydrogens is 300 g/mol. The quantitative estimate of drug-likeness (QED) is 0.849. The van der Waals surface area contributed by atoms with Gasteiger partial charge in [0.25, 0.3) is 0 Å². The summed E-state index contributed by atoms with van der Waals surface area (Å²) in [6.45, 7) is 0.892. The first-order chi connectivity index (χ1) is 10.7. The molecule has 0 radical (unpaired) electrons. The molecule has 2 aromatic rings. The Morgan fingerprint density at radius 1 is 1.18 bits per heavy atom. The highest BCUT2D eigenvalue weighted by atomic mass is 32.2. The average Bonchev–Trinajstić information content (AvgIpc) is 3.04. The standard InChI is InChI=1S/C16H18N2O3S/c19-22(20,16-9-4-10-17-12-16)18-11-5-6-14(18)13-21-15-7-2-1-3-8-15/h1-4,7-10,12,14H,5-6,11,13H2. The molecule has 6 heteroatoms. The molecule has 1 aliphatic heterocycles. The largest absolute Gasteiger partial charge is 0.492 e. The van der Waals surface area contributed by atoms with Crippen LogP contribution in [-0.2, 0) is 10.0 Å². The van der Waals surface area contributed by atoms with Crippen molar-refractivity contribution in [1.82, 2.24) is 9.29 Å². The average molecular weight is 318 g/mol. The van der Waals surface area contributed by atoms with Gasteiger partial charge in [0.2, 0.25) is 10.0 Å². The molecule has 1 atom stereocenters. The molecule has 22 heavy (non-hydrogen) atoms. The molecule has 1 unspecified atom stereocenters. The predicted octanol–water partition coefficient (Wildman–Crippen LogP) is 2.31. The summed E-state index contributed by atoms with van der Waals surface area (Å²) in [5.41, 5.74) is 0. The second-order valence-corrected chi connectivity index (χ2v) is 7.12. The van der Waals surface area contributed by atoms with Crippen LogP contribution in [0.1, 0.15) is 12.8 Å². The zero-order valence-electron chi connectivity index (χ0n) is 12.1. The molecule has 0 bridgehead atoms. The van der Waals surface area contributed by atoms with Crippen molar-refractivity contribution in [3.63, 3.8) is 0 Å². The van der Waals surface area contributed by atoms with Crippen LogP contribution in [0.3, 0.4) is 0 Å². The number of rotatable bonds is 5. The Morgan fingerprint density at radius 2 is 2.00 bits per heavy atom. The minimum atomic E-state index is -3.50. The van der Waals surface area contributed by atoms with Crippen molar-refractivity contribution in [2.45, 2.75) is 23.8 Å². The number of hydrogen-bond donors (Lipinski definition) is 0. The second kappa shape index (κ2) is 6.46. The Hall–Kier alpha value is -1.92. The number of ether oxygens (including phenoxy) is 1. The molecular formula is C16H18N2O3S. The Kier molecular flexibility index (Phi) is 4.40. The number of pyridine rings is 1. The Bertz CT molecular complexity index is 705. The van der Waals surface area contributed by atoms with Crippen molar-refractivity contribution in [3.8, 4) is 5.75 Å². The van der Waals surface area contributed by atoms with Crippen LogP contribution in [0.25, 0.3) is 0 Å². The molecule has 0 spiro atoms. The van der Waals surface area contributed by atoms with Gasteiger partial charge in [-0.1, -0.05) is 18.2 Å². The number of nitrogens with zero attached hydrogens (tertiary/aromatic N) is 2. The van der Waals surface area contributed by atoms with E-state index >= 15 is 0 Å². The highest BCUT2D eigenvalue weighted by Crippen LogP contribution is 2.26. The molecule has 0 amide bonds. The van der Waals surface area contributed by atoms with Crippen LogP contribution in [-0.4, -0.2) is 36.9 Å². The lowest BCUT2D eigenvalue weighted by Crippen LogP contribution is -2.39. The van der Waals surface area contributed by atoms with Crippen molar-refractivity contribution < 1.29 is 13.2 Å². The van der Waals surface area contributed by atoms with Gasteiger partial charge in [0.15, 0.2) is 0 Å². The van der Waals surface area contributed by atoms with Crippen molar-refractivity contribution >= 4 is 10.0 Å². The molecule has 0 aliphatic carbocycles. The Balaban J connectivity index is 1.73. The van der Waals surface area contributed by atoms with Gasteiger partial charge >= 0.3 is 0 Å². The van der Waals surface area contributed by atoms with Crippen molar-refractivity contribution in [3.05, 3.63) is 54.9 Å². The van der Waals surface area contributed by atoms with E-state index in [1.807, 2.05) is 30.3 Å². The van der Waals surface area contributed by atoms with Crippen molar-refractivity contribution in [2.24, 2.45) is 0 Å². The van der Waals surface area contributed by atoms with E-state index in [-0.39, 0.29) is 10.9 Å². The zero-order chi connectivity index (χ0) is 15.4. The predicted molar refractivity (Wildman–Crippen MR) is 83.1 cm³/mol. The normalized spacial score (nSPS) is 19.2. The third-order valence-corrected chi connectivity index (χ3v) is 5.69. The van der Waals surface area contributed by atoms with Crippen LogP contribution in [0.5, 0.6) is 5.75 Å². The highest BCUT2D eigenvalue weighted by Gasteiger charge is 2.35. The van der Waals surface area contributed by atoms with E-state index in [1.54, 1.807) is 18.3 Å². The van der Waals surface area contributed by atoms with Gasteiger partial charge in [-0.05, 0) is 37.1 Å². The number of sulfonamides is 1. The summed E-state index contributed by atoms with van der Waals surface area (Å²) in [5.74, 6) is 0.758. The maximum Gasteiger partial charge on any atom is 0.244 e. The smallest absolute Gasteiger partial charge is 0.244 e. The summed E-state index contributed by atoms with van der Waals surface area (Å²) >= 11 is 0. The summed E-state index contributed by atoms with van der Waals surface area (Å²) in [6, 6.07) is 12.5. The lowest BCUT2D eigenvalue weighted by molar-refractivity contribution is 0.232. The molecule has 1 fully saturated rings. The van der Waals surface area contributed by atoms with E-state index < -0.39 is 10.0 Å². The van der Waals surface area contributed by atoms with Crippen LogP contribution in [0.15, 0.2) is 59.8 Å². The molecule has 116 valence electrons. The lowest BCUT2D eigenvalue weighted by atomic mass is 10.2. The molecule has 2 heterocycles. The Labute approximate surface area is 130 Å². The van der Waals surface area contributed by atoms with E-state index in [1.165, 1.54) is 10.5 Å². The van der Waals surface area contributed by atoms with Crippen LogP contribution in [0.2, 0.25) is 0 Å². The molecule has 0 saturated carbocycles. The third-order valence-electron chi connectivity index (χ3n) is 3.75. The number of hydrogen-bond acceptors (Lipinski definition) is 4. The van der Waals surface area contributed by atoms with Crippen molar-refractivity contribution in [2.75, 3.05) is 13.2 Å². The first-order valence-electron chi connectivity index (χ1n) is 7.27. The first kappa shape index (κ1) is 15.0. The fourth-order valence-corrected chi connectivity index (χ4v) is 4.28. The Morgan fingerprint density at radius 3 is 2.73 bits per heavy atom. The lowest BCUT2D eigenvalue weighted by Gasteiger charge is -2.24. The SMILES string of the molecule is O=S(=O)(c1cccnc1)N1CCCC1COc1ccccc1. The van der Waals surface area contributed by atoms with Gasteiger partial charge in [0.05, 0.1) is 6.04 Å². The third kappa shape index (κ3) is 3.13. The molecule has 1 aromatic carbocycles. The zero-order valence-corrected chi connectivity index (χ0v) is 12.9. The molecule has 1 saturated heterocycles.